The van der Waals surface area contributed by atoms with Gasteiger partial charge in [-0.15, -0.1) is 0 Å². The molecule has 2 N–H and O–H groups in total. The molecule has 1 aliphatic heterocycles. The molecule has 138 valence electrons. The van der Waals surface area contributed by atoms with Gasteiger partial charge in [0.2, 0.25) is 0 Å². The second-order valence-electron chi connectivity index (χ2n) is 6.38. The summed E-state index contributed by atoms with van der Waals surface area (Å²) >= 11 is 5.78. The molecule has 8 heteroatoms. The Labute approximate surface area is 157 Å². The molecule has 1 saturated heterocycles. The van der Waals surface area contributed by atoms with Crippen LogP contribution >= 0.6 is 11.6 Å². The first kappa shape index (κ1) is 18.4. The van der Waals surface area contributed by atoms with Crippen LogP contribution in [0.5, 0.6) is 0 Å². The summed E-state index contributed by atoms with van der Waals surface area (Å²) < 4.78 is 0. The summed E-state index contributed by atoms with van der Waals surface area (Å²) in [6.45, 7) is 4.26. The largest absolute Gasteiger partial charge is 0.355 e. The summed E-state index contributed by atoms with van der Waals surface area (Å²) in [5, 5.41) is 2.86. The van der Waals surface area contributed by atoms with Crippen molar-refractivity contribution in [3.05, 3.63) is 57.1 Å². The second kappa shape index (κ2) is 8.33. The standard InChI is InChI=1S/C18H22ClN5O2/c1-23-6-3-7-24(9-8-23)16-13(4-2-5-20-16)11-21-17(25)14-10-15(19)18(26)22-12-14/h2,4-5,10,12H,3,6-9,11H2,1H3,(H,21,25)(H,22,26). The van der Waals surface area contributed by atoms with Crippen molar-refractivity contribution < 1.29 is 4.79 Å². The maximum absolute atomic E-state index is 12.3. The van der Waals surface area contributed by atoms with Crippen molar-refractivity contribution in [3.63, 3.8) is 0 Å². The highest BCUT2D eigenvalue weighted by Gasteiger charge is 2.17. The van der Waals surface area contributed by atoms with Crippen LogP contribution in [-0.4, -0.2) is 54.0 Å². The van der Waals surface area contributed by atoms with Gasteiger partial charge in [-0.25, -0.2) is 4.98 Å². The number of nitrogens with one attached hydrogen (secondary N) is 2. The third kappa shape index (κ3) is 4.42. The van der Waals surface area contributed by atoms with Gasteiger partial charge in [-0.05, 0) is 32.1 Å². The van der Waals surface area contributed by atoms with Gasteiger partial charge in [0, 0.05) is 44.1 Å². The number of pyridine rings is 2. The van der Waals surface area contributed by atoms with Crippen molar-refractivity contribution in [2.75, 3.05) is 38.1 Å². The van der Waals surface area contributed by atoms with Gasteiger partial charge in [0.1, 0.15) is 10.8 Å². The lowest BCUT2D eigenvalue weighted by molar-refractivity contribution is 0.0950. The average molecular weight is 376 g/mol. The Hall–Kier alpha value is -2.38. The number of H-pyrrole nitrogens is 1. The van der Waals surface area contributed by atoms with Crippen LogP contribution < -0.4 is 15.8 Å². The van der Waals surface area contributed by atoms with Crippen LogP contribution in [0.2, 0.25) is 5.02 Å². The molecule has 0 aliphatic carbocycles. The second-order valence-corrected chi connectivity index (χ2v) is 6.79. The number of aromatic nitrogens is 2. The minimum atomic E-state index is -0.413. The van der Waals surface area contributed by atoms with Crippen LogP contribution in [0.4, 0.5) is 5.82 Å². The van der Waals surface area contributed by atoms with Gasteiger partial charge in [0.15, 0.2) is 0 Å². The summed E-state index contributed by atoms with van der Waals surface area (Å²) in [6.07, 6.45) is 4.21. The third-order valence-corrected chi connectivity index (χ3v) is 4.73. The van der Waals surface area contributed by atoms with Gasteiger partial charge in [-0.2, -0.15) is 0 Å². The molecular weight excluding hydrogens is 354 g/mol. The van der Waals surface area contributed by atoms with Crippen LogP contribution in [0.25, 0.3) is 0 Å². The molecule has 2 aromatic heterocycles. The lowest BCUT2D eigenvalue weighted by Gasteiger charge is -2.24. The molecule has 26 heavy (non-hydrogen) atoms. The number of rotatable bonds is 4. The van der Waals surface area contributed by atoms with Crippen LogP contribution in [0, 0.1) is 0 Å². The number of anilines is 1. The summed E-state index contributed by atoms with van der Waals surface area (Å²) in [7, 11) is 2.12. The summed E-state index contributed by atoms with van der Waals surface area (Å²) in [6, 6.07) is 5.20. The first-order chi connectivity index (χ1) is 12.5. The highest BCUT2D eigenvalue weighted by atomic mass is 35.5. The van der Waals surface area contributed by atoms with Crippen molar-refractivity contribution >= 4 is 23.3 Å². The number of likely N-dealkylation sites (N-methyl/N-ethyl adjacent to an activating group) is 1. The Morgan fingerprint density at radius 2 is 2.19 bits per heavy atom. The van der Waals surface area contributed by atoms with E-state index >= 15 is 0 Å². The van der Waals surface area contributed by atoms with Crippen molar-refractivity contribution in [1.29, 1.82) is 0 Å². The van der Waals surface area contributed by atoms with E-state index in [9.17, 15) is 9.59 Å². The topological polar surface area (TPSA) is 81.3 Å². The number of carbonyl (C=O) groups is 1. The van der Waals surface area contributed by atoms with E-state index in [2.05, 4.69) is 32.1 Å². The lowest BCUT2D eigenvalue weighted by Crippen LogP contribution is -2.31. The van der Waals surface area contributed by atoms with Crippen LogP contribution in [0.3, 0.4) is 0 Å². The normalized spacial score (nSPS) is 15.5. The lowest BCUT2D eigenvalue weighted by atomic mass is 10.2. The molecule has 0 atom stereocenters. The molecule has 0 unspecified atom stereocenters. The molecule has 0 radical (unpaired) electrons. The van der Waals surface area contributed by atoms with Gasteiger partial charge in [-0.3, -0.25) is 9.59 Å². The van der Waals surface area contributed by atoms with Crippen LogP contribution in [0.1, 0.15) is 22.3 Å². The van der Waals surface area contributed by atoms with Crippen molar-refractivity contribution in [1.82, 2.24) is 20.2 Å². The van der Waals surface area contributed by atoms with Crippen molar-refractivity contribution in [2.24, 2.45) is 0 Å². The zero-order valence-corrected chi connectivity index (χ0v) is 15.4. The molecule has 1 amide bonds. The van der Waals surface area contributed by atoms with Gasteiger partial charge >= 0.3 is 0 Å². The maximum atomic E-state index is 12.3. The average Bonchev–Trinajstić information content (AvgIpc) is 2.86. The third-order valence-electron chi connectivity index (χ3n) is 4.45. The Balaban J connectivity index is 1.71. The van der Waals surface area contributed by atoms with Gasteiger partial charge in [-0.1, -0.05) is 17.7 Å². The smallest absolute Gasteiger partial charge is 0.266 e. The summed E-state index contributed by atoms with van der Waals surface area (Å²) in [5.41, 5.74) is 0.862. The highest BCUT2D eigenvalue weighted by Crippen LogP contribution is 2.19. The SMILES string of the molecule is CN1CCCN(c2ncccc2CNC(=O)c2c[nH]c(=O)c(Cl)c2)CC1. The number of carbonyl (C=O) groups excluding carboxylic acids is 1. The number of nitrogens with zero attached hydrogens (tertiary/aromatic N) is 3. The highest BCUT2D eigenvalue weighted by molar-refractivity contribution is 6.30. The Kier molecular flexibility index (Phi) is 5.90. The fourth-order valence-electron chi connectivity index (χ4n) is 2.98. The minimum absolute atomic E-state index is 0.00611. The fraction of sp³-hybridized carbons (Fsp3) is 0.389. The van der Waals surface area contributed by atoms with Crippen LogP contribution in [-0.2, 0) is 6.54 Å². The molecule has 0 bridgehead atoms. The number of halogens is 1. The number of hydrogen-bond donors (Lipinski definition) is 2. The molecule has 1 fully saturated rings. The zero-order valence-electron chi connectivity index (χ0n) is 14.7. The Bertz CT molecular complexity index is 838. The van der Waals surface area contributed by atoms with Crippen molar-refractivity contribution in [3.8, 4) is 0 Å². The summed E-state index contributed by atoms with van der Waals surface area (Å²) in [5.74, 6) is 0.608. The van der Waals surface area contributed by atoms with Crippen molar-refractivity contribution in [2.45, 2.75) is 13.0 Å². The fourth-order valence-corrected chi connectivity index (χ4v) is 3.15. The predicted molar refractivity (Wildman–Crippen MR) is 102 cm³/mol. The van der Waals surface area contributed by atoms with E-state index in [-0.39, 0.29) is 10.9 Å². The van der Waals surface area contributed by atoms with Crippen LogP contribution in [0.15, 0.2) is 35.4 Å². The predicted octanol–water partition coefficient (Wildman–Crippen LogP) is 1.50. The monoisotopic (exact) mass is 375 g/mol. The molecule has 0 aromatic carbocycles. The number of hydrogen-bond acceptors (Lipinski definition) is 5. The summed E-state index contributed by atoms with van der Waals surface area (Å²) in [4.78, 5) is 35.2. The zero-order chi connectivity index (χ0) is 18.5. The number of amides is 1. The molecule has 3 heterocycles. The molecule has 2 aromatic rings. The van der Waals surface area contributed by atoms with E-state index in [1.165, 1.54) is 12.3 Å². The minimum Gasteiger partial charge on any atom is -0.355 e. The molecule has 1 aliphatic rings. The van der Waals surface area contributed by atoms with E-state index < -0.39 is 5.56 Å². The van der Waals surface area contributed by atoms with Gasteiger partial charge in [0.25, 0.3) is 11.5 Å². The first-order valence-corrected chi connectivity index (χ1v) is 8.96. The van der Waals surface area contributed by atoms with E-state index in [0.29, 0.717) is 12.1 Å². The van der Waals surface area contributed by atoms with Gasteiger partial charge in [0.05, 0.1) is 5.56 Å². The molecule has 0 saturated carbocycles. The molecule has 0 spiro atoms. The number of aromatic amines is 1. The van der Waals surface area contributed by atoms with E-state index in [1.54, 1.807) is 6.20 Å². The molecule has 7 nitrogen and oxygen atoms in total. The maximum Gasteiger partial charge on any atom is 0.266 e. The van der Waals surface area contributed by atoms with Gasteiger partial charge < -0.3 is 20.1 Å². The van der Waals surface area contributed by atoms with E-state index in [1.807, 2.05) is 12.1 Å². The molecular formula is C18H22ClN5O2. The Morgan fingerprint density at radius 1 is 1.35 bits per heavy atom. The van der Waals surface area contributed by atoms with E-state index in [0.717, 1.165) is 44.0 Å². The Morgan fingerprint density at radius 3 is 3.00 bits per heavy atom. The quantitative estimate of drug-likeness (QED) is 0.846. The first-order valence-electron chi connectivity index (χ1n) is 8.58. The van der Waals surface area contributed by atoms with E-state index in [4.69, 9.17) is 11.6 Å². The molecule has 3 rings (SSSR count).